The quantitative estimate of drug-likeness (QED) is 0.870. The predicted molar refractivity (Wildman–Crippen MR) is 70.0 cm³/mol. The maximum Gasteiger partial charge on any atom is 0.128 e. The Balaban J connectivity index is 1.95. The number of aliphatic hydroxyl groups is 1. The molecule has 1 aromatic heterocycles. The molecule has 1 aliphatic carbocycles. The first-order valence-corrected chi connectivity index (χ1v) is 6.56. The number of hydrogen-bond acceptors (Lipinski definition) is 3. The lowest BCUT2D eigenvalue weighted by molar-refractivity contribution is 0.281. The Bertz CT molecular complexity index is 348. The van der Waals surface area contributed by atoms with Gasteiger partial charge in [0.2, 0.25) is 0 Å². The molecule has 3 heteroatoms. The number of anilines is 1. The monoisotopic (exact) mass is 234 g/mol. The van der Waals surface area contributed by atoms with Crippen LogP contribution in [0.1, 0.15) is 37.7 Å². The Morgan fingerprint density at radius 3 is 2.82 bits per heavy atom. The smallest absolute Gasteiger partial charge is 0.128 e. The van der Waals surface area contributed by atoms with Crippen molar-refractivity contribution in [3.8, 4) is 0 Å². The minimum atomic E-state index is 0.0901. The molecule has 1 heterocycles. The summed E-state index contributed by atoms with van der Waals surface area (Å²) in [5.41, 5.74) is 0.936. The number of hydrogen-bond donors (Lipinski definition) is 1. The lowest BCUT2D eigenvalue weighted by Crippen LogP contribution is -2.27. The second-order valence-corrected chi connectivity index (χ2v) is 5.06. The van der Waals surface area contributed by atoms with Gasteiger partial charge in [-0.3, -0.25) is 0 Å². The number of aromatic nitrogens is 1. The van der Waals surface area contributed by atoms with Gasteiger partial charge < -0.3 is 10.0 Å². The van der Waals surface area contributed by atoms with Gasteiger partial charge in [-0.1, -0.05) is 19.3 Å². The molecule has 2 rings (SSSR count). The van der Waals surface area contributed by atoms with Gasteiger partial charge in [0.1, 0.15) is 5.82 Å². The van der Waals surface area contributed by atoms with Crippen LogP contribution in [0.25, 0.3) is 0 Å². The summed E-state index contributed by atoms with van der Waals surface area (Å²) in [4.78, 5) is 6.58. The van der Waals surface area contributed by atoms with E-state index in [2.05, 4.69) is 16.9 Å². The number of aliphatic hydroxyl groups excluding tert-OH is 1. The molecule has 1 aromatic rings. The van der Waals surface area contributed by atoms with Gasteiger partial charge in [0.05, 0.1) is 6.61 Å². The van der Waals surface area contributed by atoms with E-state index in [9.17, 15) is 0 Å². The molecule has 0 spiro atoms. The Kier molecular flexibility index (Phi) is 4.37. The van der Waals surface area contributed by atoms with E-state index in [1.807, 2.05) is 12.1 Å². The molecule has 1 N–H and O–H groups in total. The first-order chi connectivity index (χ1) is 8.29. The molecule has 1 fully saturated rings. The van der Waals surface area contributed by atoms with Crippen LogP contribution in [-0.4, -0.2) is 23.7 Å². The van der Waals surface area contributed by atoms with Crippen molar-refractivity contribution in [1.29, 1.82) is 0 Å². The number of pyridine rings is 1. The van der Waals surface area contributed by atoms with Crippen molar-refractivity contribution in [2.45, 2.75) is 38.7 Å². The highest BCUT2D eigenvalue weighted by atomic mass is 16.3. The molecule has 0 aromatic carbocycles. The number of rotatable bonds is 4. The fraction of sp³-hybridized carbons (Fsp3) is 0.643. The molecule has 1 saturated carbocycles. The van der Waals surface area contributed by atoms with Gasteiger partial charge in [-0.2, -0.15) is 0 Å². The zero-order valence-electron chi connectivity index (χ0n) is 10.6. The van der Waals surface area contributed by atoms with E-state index >= 15 is 0 Å². The molecular weight excluding hydrogens is 212 g/mol. The van der Waals surface area contributed by atoms with Crippen LogP contribution in [0.5, 0.6) is 0 Å². The summed E-state index contributed by atoms with van der Waals surface area (Å²) in [7, 11) is 2.10. The lowest BCUT2D eigenvalue weighted by atomic mass is 9.89. The zero-order chi connectivity index (χ0) is 12.1. The molecule has 0 radical (unpaired) electrons. The fourth-order valence-electron chi connectivity index (χ4n) is 2.62. The largest absolute Gasteiger partial charge is 0.392 e. The van der Waals surface area contributed by atoms with Gasteiger partial charge >= 0.3 is 0 Å². The third-order valence-corrected chi connectivity index (χ3v) is 3.64. The van der Waals surface area contributed by atoms with Crippen LogP contribution in [0.3, 0.4) is 0 Å². The molecule has 3 nitrogen and oxygen atoms in total. The third kappa shape index (κ3) is 3.43. The van der Waals surface area contributed by atoms with Crippen LogP contribution < -0.4 is 4.90 Å². The first kappa shape index (κ1) is 12.4. The second-order valence-electron chi connectivity index (χ2n) is 5.06. The second kappa shape index (κ2) is 6.01. The molecule has 17 heavy (non-hydrogen) atoms. The summed E-state index contributed by atoms with van der Waals surface area (Å²) in [5, 5.41) is 9.12. The van der Waals surface area contributed by atoms with Gasteiger partial charge in [-0.25, -0.2) is 4.98 Å². The van der Waals surface area contributed by atoms with Crippen LogP contribution in [0, 0.1) is 5.92 Å². The summed E-state index contributed by atoms with van der Waals surface area (Å²) >= 11 is 0. The maximum atomic E-state index is 9.12. The summed E-state index contributed by atoms with van der Waals surface area (Å²) < 4.78 is 0. The van der Waals surface area contributed by atoms with Crippen LogP contribution in [-0.2, 0) is 6.61 Å². The van der Waals surface area contributed by atoms with Crippen molar-refractivity contribution in [2.24, 2.45) is 5.92 Å². The molecule has 0 unspecified atom stereocenters. The van der Waals surface area contributed by atoms with Crippen molar-refractivity contribution >= 4 is 5.82 Å². The van der Waals surface area contributed by atoms with Gasteiger partial charge in [0.15, 0.2) is 0 Å². The average Bonchev–Trinajstić information content (AvgIpc) is 2.40. The van der Waals surface area contributed by atoms with E-state index in [1.165, 1.54) is 32.1 Å². The van der Waals surface area contributed by atoms with Crippen molar-refractivity contribution in [2.75, 3.05) is 18.5 Å². The Morgan fingerprint density at radius 2 is 2.12 bits per heavy atom. The molecule has 0 atom stereocenters. The van der Waals surface area contributed by atoms with Gasteiger partial charge in [-0.15, -0.1) is 0 Å². The van der Waals surface area contributed by atoms with Crippen molar-refractivity contribution in [1.82, 2.24) is 4.98 Å². The lowest BCUT2D eigenvalue weighted by Gasteiger charge is -2.27. The molecular formula is C14H22N2O. The topological polar surface area (TPSA) is 36.4 Å². The van der Waals surface area contributed by atoms with Crippen LogP contribution in [0.4, 0.5) is 5.82 Å². The minimum Gasteiger partial charge on any atom is -0.392 e. The SMILES string of the molecule is CN(CC1CCCCC1)c1cc(CO)ccn1. The molecule has 0 saturated heterocycles. The van der Waals surface area contributed by atoms with Crippen LogP contribution in [0.2, 0.25) is 0 Å². The molecule has 0 aliphatic heterocycles. The molecule has 0 bridgehead atoms. The van der Waals surface area contributed by atoms with E-state index in [-0.39, 0.29) is 6.61 Å². The average molecular weight is 234 g/mol. The minimum absolute atomic E-state index is 0.0901. The van der Waals surface area contributed by atoms with E-state index < -0.39 is 0 Å². The summed E-state index contributed by atoms with van der Waals surface area (Å²) in [6, 6.07) is 3.83. The molecule has 0 amide bonds. The zero-order valence-corrected chi connectivity index (χ0v) is 10.6. The molecule has 94 valence electrons. The Labute approximate surface area is 103 Å². The summed E-state index contributed by atoms with van der Waals surface area (Å²) in [6.07, 6.45) is 8.63. The van der Waals surface area contributed by atoms with E-state index in [0.717, 1.165) is 23.8 Å². The Hall–Kier alpha value is -1.09. The predicted octanol–water partition coefficient (Wildman–Crippen LogP) is 2.59. The Morgan fingerprint density at radius 1 is 1.35 bits per heavy atom. The maximum absolute atomic E-state index is 9.12. The summed E-state index contributed by atoms with van der Waals surface area (Å²) in [5.74, 6) is 1.79. The normalized spacial score (nSPS) is 17.1. The fourth-order valence-corrected chi connectivity index (χ4v) is 2.62. The van der Waals surface area contributed by atoms with E-state index in [1.54, 1.807) is 6.20 Å². The highest BCUT2D eigenvalue weighted by molar-refractivity contribution is 5.39. The van der Waals surface area contributed by atoms with Gasteiger partial charge in [-0.05, 0) is 36.5 Å². The van der Waals surface area contributed by atoms with Crippen molar-refractivity contribution < 1.29 is 5.11 Å². The van der Waals surface area contributed by atoms with Crippen LogP contribution >= 0.6 is 0 Å². The number of nitrogens with zero attached hydrogens (tertiary/aromatic N) is 2. The van der Waals surface area contributed by atoms with Crippen LogP contribution in [0.15, 0.2) is 18.3 Å². The highest BCUT2D eigenvalue weighted by Gasteiger charge is 2.16. The van der Waals surface area contributed by atoms with E-state index in [4.69, 9.17) is 5.11 Å². The first-order valence-electron chi connectivity index (χ1n) is 6.56. The van der Waals surface area contributed by atoms with Crippen molar-refractivity contribution in [3.05, 3.63) is 23.9 Å². The van der Waals surface area contributed by atoms with Crippen molar-refractivity contribution in [3.63, 3.8) is 0 Å². The van der Waals surface area contributed by atoms with E-state index in [0.29, 0.717) is 0 Å². The summed E-state index contributed by atoms with van der Waals surface area (Å²) in [6.45, 7) is 1.18. The third-order valence-electron chi connectivity index (χ3n) is 3.64. The highest BCUT2D eigenvalue weighted by Crippen LogP contribution is 2.25. The molecule has 1 aliphatic rings. The van der Waals surface area contributed by atoms with Gasteiger partial charge in [0.25, 0.3) is 0 Å². The standard InChI is InChI=1S/C14H22N2O/c1-16(10-12-5-3-2-4-6-12)14-9-13(11-17)7-8-15-14/h7-9,12,17H,2-6,10-11H2,1H3. The van der Waals surface area contributed by atoms with Gasteiger partial charge in [0, 0.05) is 19.8 Å².